The number of hydrogen-bond donors (Lipinski definition) is 1. The summed E-state index contributed by atoms with van der Waals surface area (Å²) in [5.41, 5.74) is 0.323. The summed E-state index contributed by atoms with van der Waals surface area (Å²) >= 11 is 0. The molecule has 0 radical (unpaired) electrons. The lowest BCUT2D eigenvalue weighted by Gasteiger charge is -2.16. The van der Waals surface area contributed by atoms with E-state index in [1.54, 1.807) is 12.1 Å². The third kappa shape index (κ3) is 4.23. The van der Waals surface area contributed by atoms with Gasteiger partial charge in [-0.3, -0.25) is 0 Å². The monoisotopic (exact) mass is 272 g/mol. The van der Waals surface area contributed by atoms with Crippen LogP contribution in [0, 0.1) is 5.92 Å². The van der Waals surface area contributed by atoms with Gasteiger partial charge in [-0.2, -0.15) is 13.2 Å². The first-order valence-corrected chi connectivity index (χ1v) is 6.79. The van der Waals surface area contributed by atoms with Gasteiger partial charge in [0.05, 0.1) is 11.7 Å². The molecule has 0 saturated heterocycles. The first kappa shape index (κ1) is 14.4. The Kier molecular flexibility index (Phi) is 4.50. The van der Waals surface area contributed by atoms with Crippen molar-refractivity contribution in [2.24, 2.45) is 5.92 Å². The van der Waals surface area contributed by atoms with Crippen molar-refractivity contribution >= 4 is 0 Å². The third-order valence-corrected chi connectivity index (χ3v) is 3.81. The maximum absolute atomic E-state index is 12.5. The molecule has 2 unspecified atom stereocenters. The van der Waals surface area contributed by atoms with Crippen LogP contribution in [0.15, 0.2) is 24.3 Å². The molecule has 19 heavy (non-hydrogen) atoms. The van der Waals surface area contributed by atoms with E-state index < -0.39 is 11.7 Å². The number of benzene rings is 1. The lowest BCUT2D eigenvalue weighted by molar-refractivity contribution is -0.137. The van der Waals surface area contributed by atoms with Crippen molar-refractivity contribution in [2.75, 3.05) is 0 Å². The standard InChI is InChI=1S/C15H19F3O/c16-15(17,18)13-7-5-11(6-8-13)9-12-3-1-2-4-14(19)10-12/h5-8,12,14,19H,1-4,9-10H2. The molecule has 1 saturated carbocycles. The number of halogens is 3. The number of alkyl halides is 3. The second-order valence-electron chi connectivity index (χ2n) is 5.44. The van der Waals surface area contributed by atoms with Gasteiger partial charge in [0.1, 0.15) is 0 Å². The molecule has 0 bridgehead atoms. The van der Waals surface area contributed by atoms with E-state index in [-0.39, 0.29) is 6.10 Å². The predicted octanol–water partition coefficient (Wildman–Crippen LogP) is 4.19. The summed E-state index contributed by atoms with van der Waals surface area (Å²) in [6, 6.07) is 5.39. The van der Waals surface area contributed by atoms with Crippen LogP contribution in [-0.2, 0) is 12.6 Å². The fourth-order valence-electron chi connectivity index (χ4n) is 2.78. The number of hydrogen-bond acceptors (Lipinski definition) is 1. The zero-order valence-corrected chi connectivity index (χ0v) is 10.8. The minimum absolute atomic E-state index is 0.248. The smallest absolute Gasteiger partial charge is 0.393 e. The average molecular weight is 272 g/mol. The SMILES string of the molecule is OC1CCCCC(Cc2ccc(C(F)(F)F)cc2)C1. The van der Waals surface area contributed by atoms with E-state index in [9.17, 15) is 18.3 Å². The zero-order valence-electron chi connectivity index (χ0n) is 10.8. The normalized spacial score (nSPS) is 25.1. The summed E-state index contributed by atoms with van der Waals surface area (Å²) in [5.74, 6) is 0.384. The van der Waals surface area contributed by atoms with E-state index in [1.807, 2.05) is 0 Å². The third-order valence-electron chi connectivity index (χ3n) is 3.81. The highest BCUT2D eigenvalue weighted by Gasteiger charge is 2.30. The Labute approximate surface area is 111 Å². The average Bonchev–Trinajstić information content (AvgIpc) is 2.53. The van der Waals surface area contributed by atoms with Crippen molar-refractivity contribution in [1.82, 2.24) is 0 Å². The van der Waals surface area contributed by atoms with E-state index in [2.05, 4.69) is 0 Å². The molecule has 1 fully saturated rings. The molecular formula is C15H19F3O. The Morgan fingerprint density at radius 2 is 1.68 bits per heavy atom. The number of rotatable bonds is 2. The lowest BCUT2D eigenvalue weighted by Crippen LogP contribution is -2.12. The summed E-state index contributed by atoms with van der Waals surface area (Å²) in [6.45, 7) is 0. The molecular weight excluding hydrogens is 253 g/mol. The lowest BCUT2D eigenvalue weighted by atomic mass is 9.91. The molecule has 0 heterocycles. The summed E-state index contributed by atoms with van der Waals surface area (Å²) in [6.07, 6.45) is 1.06. The van der Waals surface area contributed by atoms with Gasteiger partial charge in [0.2, 0.25) is 0 Å². The van der Waals surface area contributed by atoms with Crippen LogP contribution in [0.2, 0.25) is 0 Å². The fraction of sp³-hybridized carbons (Fsp3) is 0.600. The Balaban J connectivity index is 1.99. The predicted molar refractivity (Wildman–Crippen MR) is 67.7 cm³/mol. The van der Waals surface area contributed by atoms with Gasteiger partial charge < -0.3 is 5.11 Å². The van der Waals surface area contributed by atoms with Crippen LogP contribution in [0.5, 0.6) is 0 Å². The van der Waals surface area contributed by atoms with Crippen LogP contribution in [0.3, 0.4) is 0 Å². The van der Waals surface area contributed by atoms with Crippen molar-refractivity contribution in [3.05, 3.63) is 35.4 Å². The fourth-order valence-corrected chi connectivity index (χ4v) is 2.78. The quantitative estimate of drug-likeness (QED) is 0.800. The van der Waals surface area contributed by atoms with Gasteiger partial charge in [-0.15, -0.1) is 0 Å². The van der Waals surface area contributed by atoms with Gasteiger partial charge in [-0.1, -0.05) is 31.4 Å². The highest BCUT2D eigenvalue weighted by molar-refractivity contribution is 5.24. The molecule has 2 rings (SSSR count). The van der Waals surface area contributed by atoms with Crippen molar-refractivity contribution in [3.8, 4) is 0 Å². The molecule has 1 aromatic rings. The van der Waals surface area contributed by atoms with Gasteiger partial charge in [0, 0.05) is 0 Å². The van der Waals surface area contributed by atoms with E-state index >= 15 is 0 Å². The van der Waals surface area contributed by atoms with Gasteiger partial charge in [-0.25, -0.2) is 0 Å². The molecule has 0 aromatic heterocycles. The Morgan fingerprint density at radius 1 is 1.05 bits per heavy atom. The molecule has 1 N–H and O–H groups in total. The van der Waals surface area contributed by atoms with Crippen molar-refractivity contribution in [3.63, 3.8) is 0 Å². The van der Waals surface area contributed by atoms with Crippen LogP contribution < -0.4 is 0 Å². The number of aliphatic hydroxyl groups excluding tert-OH is 1. The highest BCUT2D eigenvalue weighted by atomic mass is 19.4. The first-order chi connectivity index (χ1) is 8.95. The first-order valence-electron chi connectivity index (χ1n) is 6.79. The van der Waals surface area contributed by atoms with Crippen LogP contribution >= 0.6 is 0 Å². The topological polar surface area (TPSA) is 20.2 Å². The van der Waals surface area contributed by atoms with E-state index in [4.69, 9.17) is 0 Å². The summed E-state index contributed by atoms with van der Waals surface area (Å²) < 4.78 is 37.4. The molecule has 1 nitrogen and oxygen atoms in total. The molecule has 2 atom stereocenters. The minimum Gasteiger partial charge on any atom is -0.393 e. The second-order valence-corrected chi connectivity index (χ2v) is 5.44. The molecule has 1 aliphatic rings. The van der Waals surface area contributed by atoms with Crippen LogP contribution in [0.1, 0.15) is 43.2 Å². The molecule has 1 aliphatic carbocycles. The Bertz CT molecular complexity index is 397. The maximum atomic E-state index is 12.5. The van der Waals surface area contributed by atoms with Crippen LogP contribution in [0.4, 0.5) is 13.2 Å². The maximum Gasteiger partial charge on any atom is 0.416 e. The molecule has 0 amide bonds. The zero-order chi connectivity index (χ0) is 13.9. The van der Waals surface area contributed by atoms with E-state index in [0.29, 0.717) is 5.92 Å². The number of aliphatic hydroxyl groups is 1. The van der Waals surface area contributed by atoms with Crippen LogP contribution in [-0.4, -0.2) is 11.2 Å². The highest BCUT2D eigenvalue weighted by Crippen LogP contribution is 2.30. The van der Waals surface area contributed by atoms with Crippen LogP contribution in [0.25, 0.3) is 0 Å². The van der Waals surface area contributed by atoms with Gasteiger partial charge in [0.25, 0.3) is 0 Å². The van der Waals surface area contributed by atoms with Crippen molar-refractivity contribution in [1.29, 1.82) is 0 Å². The molecule has 0 aliphatic heterocycles. The van der Waals surface area contributed by atoms with E-state index in [1.165, 1.54) is 0 Å². The minimum atomic E-state index is -4.27. The summed E-state index contributed by atoms with van der Waals surface area (Å²) in [7, 11) is 0. The molecule has 0 spiro atoms. The summed E-state index contributed by atoms with van der Waals surface area (Å²) in [4.78, 5) is 0. The second kappa shape index (κ2) is 5.95. The van der Waals surface area contributed by atoms with Gasteiger partial charge >= 0.3 is 6.18 Å². The van der Waals surface area contributed by atoms with Crippen molar-refractivity contribution in [2.45, 2.75) is 50.8 Å². The molecule has 1 aromatic carbocycles. The van der Waals surface area contributed by atoms with E-state index in [0.717, 1.165) is 56.2 Å². The Hall–Kier alpha value is -1.03. The van der Waals surface area contributed by atoms with Crippen molar-refractivity contribution < 1.29 is 18.3 Å². The molecule has 106 valence electrons. The Morgan fingerprint density at radius 3 is 2.32 bits per heavy atom. The van der Waals surface area contributed by atoms with Gasteiger partial charge in [-0.05, 0) is 42.9 Å². The van der Waals surface area contributed by atoms with Gasteiger partial charge in [0.15, 0.2) is 0 Å². The molecule has 4 heteroatoms. The largest absolute Gasteiger partial charge is 0.416 e. The summed E-state index contributed by atoms with van der Waals surface area (Å²) in [5, 5.41) is 9.74.